The molecule has 0 aliphatic heterocycles. The molecule has 1 aromatic rings. The summed E-state index contributed by atoms with van der Waals surface area (Å²) in [6.07, 6.45) is 0. The van der Waals surface area contributed by atoms with Crippen molar-refractivity contribution in [1.29, 1.82) is 0 Å². The van der Waals surface area contributed by atoms with Gasteiger partial charge in [-0.2, -0.15) is 0 Å². The number of halogens is 1. The quantitative estimate of drug-likeness (QED) is 0.515. The van der Waals surface area contributed by atoms with Gasteiger partial charge in [0.25, 0.3) is 0 Å². The normalized spacial score (nSPS) is 13.3. The van der Waals surface area contributed by atoms with Crippen LogP contribution in [0, 0.1) is 0 Å². The van der Waals surface area contributed by atoms with E-state index in [0.29, 0.717) is 3.92 Å². The summed E-state index contributed by atoms with van der Waals surface area (Å²) in [6.45, 7) is 0.799. The molecule has 0 aromatic heterocycles. The Morgan fingerprint density at radius 2 is 2.00 bits per heavy atom. The van der Waals surface area contributed by atoms with Crippen LogP contribution >= 0.6 is 0 Å². The SMILES string of the molecule is C[I-]C(CN)c1ccccc1. The zero-order valence-electron chi connectivity index (χ0n) is 6.63. The molecule has 62 valence electrons. The van der Waals surface area contributed by atoms with Crippen LogP contribution in [-0.2, 0) is 0 Å². The van der Waals surface area contributed by atoms with E-state index >= 15 is 0 Å². The third kappa shape index (κ3) is 2.45. The number of benzene rings is 1. The molecule has 11 heavy (non-hydrogen) atoms. The van der Waals surface area contributed by atoms with Gasteiger partial charge in [0.2, 0.25) is 0 Å². The van der Waals surface area contributed by atoms with Crippen LogP contribution in [0.4, 0.5) is 0 Å². The van der Waals surface area contributed by atoms with E-state index in [-0.39, 0.29) is 21.2 Å². The fourth-order valence-electron chi connectivity index (χ4n) is 1.01. The second-order valence-electron chi connectivity index (χ2n) is 2.33. The van der Waals surface area contributed by atoms with Crippen LogP contribution in [0.3, 0.4) is 0 Å². The van der Waals surface area contributed by atoms with Crippen molar-refractivity contribution in [3.8, 4) is 0 Å². The van der Waals surface area contributed by atoms with E-state index in [2.05, 4.69) is 29.2 Å². The zero-order valence-corrected chi connectivity index (χ0v) is 8.78. The van der Waals surface area contributed by atoms with Gasteiger partial charge in [-0.1, -0.05) is 0 Å². The van der Waals surface area contributed by atoms with Crippen molar-refractivity contribution in [2.75, 3.05) is 11.5 Å². The van der Waals surface area contributed by atoms with Crippen molar-refractivity contribution in [1.82, 2.24) is 0 Å². The van der Waals surface area contributed by atoms with Crippen molar-refractivity contribution < 1.29 is 21.2 Å². The van der Waals surface area contributed by atoms with Crippen LogP contribution in [0.1, 0.15) is 9.49 Å². The molecule has 0 spiro atoms. The number of nitrogens with two attached hydrogens (primary N) is 1. The molecular weight excluding hydrogens is 249 g/mol. The van der Waals surface area contributed by atoms with Crippen LogP contribution in [0.2, 0.25) is 0 Å². The molecule has 0 saturated heterocycles. The predicted octanol–water partition coefficient (Wildman–Crippen LogP) is -1.59. The minimum atomic E-state index is 0.238. The summed E-state index contributed by atoms with van der Waals surface area (Å²) < 4.78 is 0.648. The third-order valence-corrected chi connectivity index (χ3v) is 4.36. The van der Waals surface area contributed by atoms with Gasteiger partial charge in [0.05, 0.1) is 0 Å². The zero-order chi connectivity index (χ0) is 8.10. The summed E-state index contributed by atoms with van der Waals surface area (Å²) >= 11 is 0.238. The fraction of sp³-hybridized carbons (Fsp3) is 0.333. The molecule has 1 aromatic carbocycles. The molecule has 1 atom stereocenters. The number of rotatable bonds is 3. The molecule has 0 saturated carbocycles. The number of alkyl halides is 2. The van der Waals surface area contributed by atoms with E-state index in [1.165, 1.54) is 5.56 Å². The van der Waals surface area contributed by atoms with Crippen LogP contribution in [0.15, 0.2) is 30.3 Å². The Hall–Kier alpha value is -0.0900. The molecule has 0 amide bonds. The van der Waals surface area contributed by atoms with Crippen molar-refractivity contribution in [3.05, 3.63) is 35.9 Å². The number of hydrogen-bond donors (Lipinski definition) is 1. The standard InChI is InChI=1S/C9H13IN/c1-10-9(7-11)8-5-3-2-4-6-8/h2-6,9H,7,11H2,1H3/q-1. The summed E-state index contributed by atoms with van der Waals surface area (Å²) in [5, 5.41) is 0. The molecule has 0 bridgehead atoms. The molecule has 1 unspecified atom stereocenters. The van der Waals surface area contributed by atoms with Crippen LogP contribution in [-0.4, -0.2) is 11.5 Å². The summed E-state index contributed by atoms with van der Waals surface area (Å²) in [7, 11) is 0. The van der Waals surface area contributed by atoms with Gasteiger partial charge < -0.3 is 0 Å². The van der Waals surface area contributed by atoms with Gasteiger partial charge in [-0.05, 0) is 0 Å². The summed E-state index contributed by atoms with van der Waals surface area (Å²) in [6, 6.07) is 10.5. The van der Waals surface area contributed by atoms with Gasteiger partial charge in [0, 0.05) is 0 Å². The first kappa shape index (κ1) is 9.00. The van der Waals surface area contributed by atoms with Gasteiger partial charge in [-0.15, -0.1) is 0 Å². The van der Waals surface area contributed by atoms with Crippen LogP contribution < -0.4 is 26.9 Å². The monoisotopic (exact) mass is 262 g/mol. The molecule has 2 N–H and O–H groups in total. The third-order valence-electron chi connectivity index (χ3n) is 1.63. The van der Waals surface area contributed by atoms with Gasteiger partial charge >= 0.3 is 78.2 Å². The molecular formula is C9H13IN-. The van der Waals surface area contributed by atoms with E-state index in [0.717, 1.165) is 6.54 Å². The second-order valence-corrected chi connectivity index (χ2v) is 5.08. The van der Waals surface area contributed by atoms with Crippen molar-refractivity contribution in [2.24, 2.45) is 5.73 Å². The molecule has 1 rings (SSSR count). The van der Waals surface area contributed by atoms with Gasteiger partial charge in [-0.3, -0.25) is 0 Å². The summed E-state index contributed by atoms with van der Waals surface area (Å²) in [5.41, 5.74) is 7.05. The molecule has 0 fully saturated rings. The molecule has 2 heteroatoms. The van der Waals surface area contributed by atoms with E-state index < -0.39 is 0 Å². The molecule has 0 aliphatic rings. The maximum atomic E-state index is 5.64. The molecule has 1 nitrogen and oxygen atoms in total. The minimum absolute atomic E-state index is 0.238. The van der Waals surface area contributed by atoms with Gasteiger partial charge in [0.1, 0.15) is 0 Å². The Morgan fingerprint density at radius 1 is 1.36 bits per heavy atom. The Kier molecular flexibility index (Phi) is 3.86. The van der Waals surface area contributed by atoms with Crippen molar-refractivity contribution in [3.63, 3.8) is 0 Å². The van der Waals surface area contributed by atoms with E-state index in [4.69, 9.17) is 5.73 Å². The Morgan fingerprint density at radius 3 is 2.45 bits per heavy atom. The summed E-state index contributed by atoms with van der Waals surface area (Å²) in [5.74, 6) is 0. The first-order valence-corrected chi connectivity index (χ1v) is 7.02. The molecule has 0 heterocycles. The Labute approximate surface area is 78.3 Å². The van der Waals surface area contributed by atoms with Crippen LogP contribution in [0.5, 0.6) is 0 Å². The molecule has 0 radical (unpaired) electrons. The summed E-state index contributed by atoms with van der Waals surface area (Å²) in [4.78, 5) is 2.28. The average molecular weight is 262 g/mol. The van der Waals surface area contributed by atoms with E-state index in [1.807, 2.05) is 6.07 Å². The topological polar surface area (TPSA) is 26.0 Å². The maximum absolute atomic E-state index is 5.64. The fourth-order valence-corrected chi connectivity index (χ4v) is 2.66. The van der Waals surface area contributed by atoms with E-state index in [9.17, 15) is 0 Å². The Bertz CT molecular complexity index is 194. The van der Waals surface area contributed by atoms with Crippen molar-refractivity contribution in [2.45, 2.75) is 3.92 Å². The second kappa shape index (κ2) is 4.72. The van der Waals surface area contributed by atoms with Gasteiger partial charge in [0.15, 0.2) is 0 Å². The van der Waals surface area contributed by atoms with Crippen LogP contribution in [0.25, 0.3) is 0 Å². The first-order valence-electron chi connectivity index (χ1n) is 3.61. The predicted molar refractivity (Wildman–Crippen MR) is 44.2 cm³/mol. The number of hydrogen-bond acceptors (Lipinski definition) is 1. The van der Waals surface area contributed by atoms with Crippen molar-refractivity contribution >= 4 is 0 Å². The van der Waals surface area contributed by atoms with E-state index in [1.54, 1.807) is 0 Å². The van der Waals surface area contributed by atoms with Gasteiger partial charge in [-0.25, -0.2) is 0 Å². The average Bonchev–Trinajstić information content (AvgIpc) is 2.09. The Balaban J connectivity index is 2.74. The molecule has 0 aliphatic carbocycles. The first-order chi connectivity index (χ1) is 5.38.